The van der Waals surface area contributed by atoms with Gasteiger partial charge in [-0.05, 0) is 31.0 Å². The van der Waals surface area contributed by atoms with E-state index < -0.39 is 6.09 Å². The van der Waals surface area contributed by atoms with Gasteiger partial charge in [-0.25, -0.2) is 9.78 Å². The van der Waals surface area contributed by atoms with Gasteiger partial charge in [0.25, 0.3) is 0 Å². The smallest absolute Gasteiger partial charge is 0.411 e. The molecule has 0 spiro atoms. The van der Waals surface area contributed by atoms with Crippen molar-refractivity contribution in [3.8, 4) is 11.3 Å². The number of imidazole rings is 1. The van der Waals surface area contributed by atoms with Crippen molar-refractivity contribution in [3.63, 3.8) is 0 Å². The summed E-state index contributed by atoms with van der Waals surface area (Å²) in [5.41, 5.74) is 8.34. The number of hydrogen-bond donors (Lipinski definition) is 4. The van der Waals surface area contributed by atoms with Crippen LogP contribution in [0.5, 0.6) is 0 Å². The van der Waals surface area contributed by atoms with Crippen LogP contribution in [-0.4, -0.2) is 29.1 Å². The zero-order chi connectivity index (χ0) is 19.4. The maximum Gasteiger partial charge on any atom is 0.411 e. The lowest BCUT2D eigenvalue weighted by molar-refractivity contribution is -0.116. The number of H-pyrrole nitrogens is 1. The molecule has 144 valence electrons. The van der Waals surface area contributed by atoms with Crippen molar-refractivity contribution in [1.82, 2.24) is 9.97 Å². The van der Waals surface area contributed by atoms with E-state index in [4.69, 9.17) is 17.3 Å². The number of carbonyl (C=O) groups excluding carboxylic acids is 2. The molecular weight excluding hydrogens is 370 g/mol. The van der Waals surface area contributed by atoms with Crippen molar-refractivity contribution < 1.29 is 14.3 Å². The number of nitrogens with two attached hydrogens (primary N) is 1. The van der Waals surface area contributed by atoms with E-state index in [1.165, 1.54) is 7.11 Å². The number of hydrogen-bond acceptors (Lipinski definition) is 5. The van der Waals surface area contributed by atoms with E-state index in [0.717, 1.165) is 25.7 Å². The summed E-state index contributed by atoms with van der Waals surface area (Å²) in [6, 6.07) is 4.82. The molecule has 0 fully saturated rings. The Kier molecular flexibility index (Phi) is 5.98. The number of aromatic amines is 1. The Morgan fingerprint density at radius 1 is 1.37 bits per heavy atom. The first-order valence-corrected chi connectivity index (χ1v) is 9.16. The van der Waals surface area contributed by atoms with Crippen molar-refractivity contribution in [2.24, 2.45) is 5.73 Å². The summed E-state index contributed by atoms with van der Waals surface area (Å²) >= 11 is 6.35. The fourth-order valence-corrected chi connectivity index (χ4v) is 3.24. The summed E-state index contributed by atoms with van der Waals surface area (Å²) in [6.07, 6.45) is 3.15. The topological polar surface area (TPSA) is 122 Å². The van der Waals surface area contributed by atoms with Gasteiger partial charge in [-0.1, -0.05) is 24.4 Å². The Labute approximate surface area is 161 Å². The van der Waals surface area contributed by atoms with Gasteiger partial charge >= 0.3 is 6.09 Å². The number of anilines is 2. The van der Waals surface area contributed by atoms with Gasteiger partial charge in [0.1, 0.15) is 16.7 Å². The number of ether oxygens (including phenoxy) is 1. The fraction of sp³-hybridized carbons (Fsp3) is 0.389. The molecule has 1 aromatic heterocycles. The van der Waals surface area contributed by atoms with Crippen LogP contribution >= 0.6 is 11.6 Å². The van der Waals surface area contributed by atoms with Crippen LogP contribution in [0.25, 0.3) is 11.3 Å². The number of fused-ring (bicyclic) bond motifs is 4. The van der Waals surface area contributed by atoms with E-state index in [0.29, 0.717) is 40.0 Å². The molecule has 0 unspecified atom stereocenters. The molecule has 2 bridgehead atoms. The van der Waals surface area contributed by atoms with Crippen molar-refractivity contribution in [2.45, 2.75) is 38.1 Å². The summed E-state index contributed by atoms with van der Waals surface area (Å²) in [6.45, 7) is 0. The van der Waals surface area contributed by atoms with E-state index in [2.05, 4.69) is 25.3 Å². The Morgan fingerprint density at radius 2 is 2.19 bits per heavy atom. The summed E-state index contributed by atoms with van der Waals surface area (Å²) in [7, 11) is 1.28. The Balaban J connectivity index is 2.04. The van der Waals surface area contributed by atoms with Crippen LogP contribution < -0.4 is 16.4 Å². The van der Waals surface area contributed by atoms with Crippen LogP contribution in [-0.2, 0) is 9.53 Å². The average molecular weight is 392 g/mol. The zero-order valence-corrected chi connectivity index (χ0v) is 15.7. The summed E-state index contributed by atoms with van der Waals surface area (Å²) in [4.78, 5) is 31.4. The molecule has 0 saturated heterocycles. The summed E-state index contributed by atoms with van der Waals surface area (Å²) in [5, 5.41) is 5.82. The lowest BCUT2D eigenvalue weighted by Crippen LogP contribution is -2.14. The van der Waals surface area contributed by atoms with E-state index >= 15 is 0 Å². The molecular formula is C18H22ClN5O3. The Hall–Kier alpha value is -2.58. The third-order valence-corrected chi connectivity index (χ3v) is 4.70. The highest BCUT2D eigenvalue weighted by atomic mass is 35.5. The normalized spacial score (nSPS) is 17.6. The molecule has 1 atom stereocenters. The summed E-state index contributed by atoms with van der Waals surface area (Å²) in [5.74, 6) is 0.505. The second kappa shape index (κ2) is 8.41. The minimum absolute atomic E-state index is 0.109. The van der Waals surface area contributed by atoms with Gasteiger partial charge in [-0.3, -0.25) is 10.1 Å². The SMILES string of the molecule is COC(=O)Nc1ccc2c(c1)NC(=O)CCCCC[C@H](N)c1nc-2c(Cl)[nH]1. The molecule has 27 heavy (non-hydrogen) atoms. The van der Waals surface area contributed by atoms with Gasteiger partial charge in [0.15, 0.2) is 0 Å². The minimum Gasteiger partial charge on any atom is -0.453 e. The second-order valence-electron chi connectivity index (χ2n) is 6.42. The number of carbonyl (C=O) groups is 2. The number of amides is 2. The van der Waals surface area contributed by atoms with Gasteiger partial charge < -0.3 is 20.8 Å². The number of benzene rings is 1. The molecule has 0 saturated carbocycles. The lowest BCUT2D eigenvalue weighted by Gasteiger charge is -2.13. The van der Waals surface area contributed by atoms with Gasteiger partial charge in [-0.2, -0.15) is 0 Å². The molecule has 9 heteroatoms. The number of aromatic nitrogens is 2. The fourth-order valence-electron chi connectivity index (χ4n) is 3.00. The highest BCUT2D eigenvalue weighted by molar-refractivity contribution is 6.32. The van der Waals surface area contributed by atoms with E-state index in [1.54, 1.807) is 18.2 Å². The molecule has 1 aliphatic heterocycles. The average Bonchev–Trinajstić information content (AvgIpc) is 3.02. The van der Waals surface area contributed by atoms with Gasteiger partial charge in [0.05, 0.1) is 18.8 Å². The minimum atomic E-state index is -0.600. The third-order valence-electron chi connectivity index (χ3n) is 4.43. The standard InChI is InChI=1S/C18H22ClN5O3/c1-27-18(26)21-10-7-8-11-13(9-10)22-14(25)6-4-2-3-5-12(20)17-23-15(11)16(19)24-17/h7-9,12H,2-6,20H2,1H3,(H,21,26)(H,22,25)(H,23,24)/t12-/m0/s1. The number of halogens is 1. The van der Waals surface area contributed by atoms with Crippen molar-refractivity contribution in [1.29, 1.82) is 0 Å². The molecule has 3 rings (SSSR count). The van der Waals surface area contributed by atoms with Crippen molar-refractivity contribution in [2.75, 3.05) is 17.7 Å². The third kappa shape index (κ3) is 4.58. The Bertz CT molecular complexity index is 852. The maximum atomic E-state index is 12.3. The van der Waals surface area contributed by atoms with Gasteiger partial charge in [0.2, 0.25) is 5.91 Å². The maximum absolute atomic E-state index is 12.3. The molecule has 5 N–H and O–H groups in total. The lowest BCUT2D eigenvalue weighted by atomic mass is 10.1. The second-order valence-corrected chi connectivity index (χ2v) is 6.79. The Morgan fingerprint density at radius 3 is 2.96 bits per heavy atom. The summed E-state index contributed by atoms with van der Waals surface area (Å²) < 4.78 is 4.61. The first-order chi connectivity index (χ1) is 13.0. The molecule has 0 aliphatic carbocycles. The molecule has 1 aliphatic rings. The zero-order valence-electron chi connectivity index (χ0n) is 15.0. The highest BCUT2D eigenvalue weighted by Crippen LogP contribution is 2.35. The largest absolute Gasteiger partial charge is 0.453 e. The number of nitrogens with one attached hydrogen (secondary N) is 3. The first-order valence-electron chi connectivity index (χ1n) is 8.78. The number of rotatable bonds is 1. The van der Waals surface area contributed by atoms with Crippen LogP contribution in [0.2, 0.25) is 5.15 Å². The van der Waals surface area contributed by atoms with Crippen molar-refractivity contribution >= 4 is 35.0 Å². The monoisotopic (exact) mass is 391 g/mol. The first kappa shape index (κ1) is 19.2. The molecule has 2 amide bonds. The van der Waals surface area contributed by atoms with Gasteiger partial charge in [0, 0.05) is 17.7 Å². The predicted molar refractivity (Wildman–Crippen MR) is 104 cm³/mol. The number of methoxy groups -OCH3 is 1. The molecule has 2 heterocycles. The van der Waals surface area contributed by atoms with Gasteiger partial charge in [-0.15, -0.1) is 0 Å². The highest BCUT2D eigenvalue weighted by Gasteiger charge is 2.20. The van der Waals surface area contributed by atoms with Crippen molar-refractivity contribution in [3.05, 3.63) is 29.2 Å². The molecule has 1 aromatic carbocycles. The van der Waals surface area contributed by atoms with Crippen LogP contribution in [0, 0.1) is 0 Å². The van der Waals surface area contributed by atoms with Crippen LogP contribution in [0.4, 0.5) is 16.2 Å². The van der Waals surface area contributed by atoms with E-state index in [1.807, 2.05) is 0 Å². The predicted octanol–water partition coefficient (Wildman–Crippen LogP) is 3.81. The number of nitrogens with zero attached hydrogens (tertiary/aromatic N) is 1. The van der Waals surface area contributed by atoms with Crippen LogP contribution in [0.15, 0.2) is 18.2 Å². The van der Waals surface area contributed by atoms with E-state index in [-0.39, 0.29) is 11.9 Å². The molecule has 0 radical (unpaired) electrons. The van der Waals surface area contributed by atoms with Crippen LogP contribution in [0.3, 0.4) is 0 Å². The van der Waals surface area contributed by atoms with E-state index in [9.17, 15) is 9.59 Å². The van der Waals surface area contributed by atoms with Crippen LogP contribution in [0.1, 0.15) is 44.0 Å². The molecule has 2 aromatic rings. The molecule has 8 nitrogen and oxygen atoms in total. The quantitative estimate of drug-likeness (QED) is 0.588.